The summed E-state index contributed by atoms with van der Waals surface area (Å²) in [5.41, 5.74) is 1.90. The van der Waals surface area contributed by atoms with Gasteiger partial charge in [-0.2, -0.15) is 0 Å². The lowest BCUT2D eigenvalue weighted by Crippen LogP contribution is -2.21. The molecule has 0 atom stereocenters. The molecule has 0 spiro atoms. The molecule has 0 saturated carbocycles. The minimum atomic E-state index is -0.748. The lowest BCUT2D eigenvalue weighted by atomic mass is 10.2. The molecule has 0 aliphatic heterocycles. The lowest BCUT2D eigenvalue weighted by molar-refractivity contribution is 0.102. The molecule has 29 heavy (non-hydrogen) atoms. The Morgan fingerprint density at radius 2 is 1.69 bits per heavy atom. The van der Waals surface area contributed by atoms with Gasteiger partial charge in [0.2, 0.25) is 0 Å². The van der Waals surface area contributed by atoms with E-state index in [0.29, 0.717) is 5.69 Å². The van der Waals surface area contributed by atoms with Crippen LogP contribution in [0.15, 0.2) is 54.6 Å². The Bertz CT molecular complexity index is 973. The fraction of sp³-hybridized carbons (Fsp3) is 0.190. The summed E-state index contributed by atoms with van der Waals surface area (Å²) < 4.78 is 26.7. The van der Waals surface area contributed by atoms with E-state index in [1.807, 2.05) is 24.3 Å². The Kier molecular flexibility index (Phi) is 6.33. The Hall–Kier alpha value is -3.55. The molecule has 2 N–H and O–H groups in total. The van der Waals surface area contributed by atoms with Crippen LogP contribution in [-0.4, -0.2) is 29.2 Å². The summed E-state index contributed by atoms with van der Waals surface area (Å²) in [6.45, 7) is 5.97. The lowest BCUT2D eigenvalue weighted by Gasteiger charge is -2.21. The molecule has 3 rings (SSSR count). The summed E-state index contributed by atoms with van der Waals surface area (Å²) in [4.78, 5) is 14.6. The molecule has 0 radical (unpaired) electrons. The largest absolute Gasteiger partial charge is 0.372 e. The summed E-state index contributed by atoms with van der Waals surface area (Å²) in [6, 6.07) is 13.7. The van der Waals surface area contributed by atoms with Crippen LogP contribution < -0.4 is 15.5 Å². The van der Waals surface area contributed by atoms with Gasteiger partial charge in [0, 0.05) is 30.5 Å². The van der Waals surface area contributed by atoms with Crippen LogP contribution >= 0.6 is 0 Å². The monoisotopic (exact) mass is 397 g/mol. The molecule has 8 heteroatoms. The predicted molar refractivity (Wildman–Crippen MR) is 110 cm³/mol. The molecule has 0 fully saturated rings. The van der Waals surface area contributed by atoms with Crippen LogP contribution in [0.1, 0.15) is 24.3 Å². The second-order valence-electron chi connectivity index (χ2n) is 6.23. The van der Waals surface area contributed by atoms with Crippen LogP contribution in [0.2, 0.25) is 0 Å². The molecule has 0 aliphatic rings. The van der Waals surface area contributed by atoms with Gasteiger partial charge >= 0.3 is 0 Å². The minimum Gasteiger partial charge on any atom is -0.372 e. The molecule has 6 nitrogen and oxygen atoms in total. The quantitative estimate of drug-likeness (QED) is 0.610. The standard InChI is InChI=1S/C21H21F2N5O/c1-3-28(4-2)16-8-6-15(7-9-16)24-21(29)19-11-12-20(27-26-19)25-18-10-5-14(22)13-17(18)23/h5-13H,3-4H2,1-2H3,(H,24,29)(H,25,27). The SMILES string of the molecule is CCN(CC)c1ccc(NC(=O)c2ccc(Nc3ccc(F)cc3F)nn2)cc1. The van der Waals surface area contributed by atoms with Crippen molar-refractivity contribution in [2.45, 2.75) is 13.8 Å². The topological polar surface area (TPSA) is 70.2 Å². The number of hydrogen-bond donors (Lipinski definition) is 2. The van der Waals surface area contributed by atoms with Crippen molar-refractivity contribution in [3.05, 3.63) is 71.9 Å². The number of carbonyl (C=O) groups excluding carboxylic acids is 1. The van der Waals surface area contributed by atoms with Crippen molar-refractivity contribution in [1.29, 1.82) is 0 Å². The minimum absolute atomic E-state index is 0.0613. The van der Waals surface area contributed by atoms with E-state index in [4.69, 9.17) is 0 Å². The first kappa shape index (κ1) is 20.2. The van der Waals surface area contributed by atoms with Crippen molar-refractivity contribution in [2.24, 2.45) is 0 Å². The summed E-state index contributed by atoms with van der Waals surface area (Å²) in [7, 11) is 0. The Morgan fingerprint density at radius 3 is 2.28 bits per heavy atom. The van der Waals surface area contributed by atoms with E-state index < -0.39 is 17.5 Å². The number of benzene rings is 2. The highest BCUT2D eigenvalue weighted by Gasteiger charge is 2.11. The molecule has 0 unspecified atom stereocenters. The predicted octanol–water partition coefficient (Wildman–Crippen LogP) is 4.60. The first-order valence-corrected chi connectivity index (χ1v) is 9.22. The number of aromatic nitrogens is 2. The number of nitrogens with zero attached hydrogens (tertiary/aromatic N) is 3. The normalized spacial score (nSPS) is 10.5. The summed E-state index contributed by atoms with van der Waals surface area (Å²) >= 11 is 0. The third-order valence-electron chi connectivity index (χ3n) is 4.34. The second kappa shape index (κ2) is 9.09. The van der Waals surface area contributed by atoms with Gasteiger partial charge in [0.05, 0.1) is 5.69 Å². The zero-order chi connectivity index (χ0) is 20.8. The van der Waals surface area contributed by atoms with Gasteiger partial charge in [-0.05, 0) is 62.4 Å². The van der Waals surface area contributed by atoms with Crippen molar-refractivity contribution in [3.63, 3.8) is 0 Å². The van der Waals surface area contributed by atoms with E-state index in [2.05, 4.69) is 39.6 Å². The number of nitrogens with one attached hydrogen (secondary N) is 2. The van der Waals surface area contributed by atoms with Crippen LogP contribution in [0.25, 0.3) is 0 Å². The number of halogens is 2. The van der Waals surface area contributed by atoms with Crippen molar-refractivity contribution in [1.82, 2.24) is 10.2 Å². The van der Waals surface area contributed by atoms with E-state index in [9.17, 15) is 13.6 Å². The van der Waals surface area contributed by atoms with Gasteiger partial charge in [0.1, 0.15) is 11.6 Å². The number of hydrogen-bond acceptors (Lipinski definition) is 5. The molecule has 2 aromatic carbocycles. The molecule has 0 saturated heterocycles. The zero-order valence-electron chi connectivity index (χ0n) is 16.1. The average Bonchev–Trinajstić information content (AvgIpc) is 2.73. The third-order valence-corrected chi connectivity index (χ3v) is 4.34. The van der Waals surface area contributed by atoms with Gasteiger partial charge in [-0.25, -0.2) is 8.78 Å². The van der Waals surface area contributed by atoms with E-state index in [-0.39, 0.29) is 17.2 Å². The number of carbonyl (C=O) groups is 1. The molecule has 0 aliphatic carbocycles. The molecular formula is C21H21F2N5O. The van der Waals surface area contributed by atoms with E-state index in [1.54, 1.807) is 0 Å². The van der Waals surface area contributed by atoms with Gasteiger partial charge in [0.25, 0.3) is 5.91 Å². The molecule has 3 aromatic rings. The Morgan fingerprint density at radius 1 is 0.966 bits per heavy atom. The number of amides is 1. The summed E-state index contributed by atoms with van der Waals surface area (Å²) in [5, 5.41) is 13.2. The van der Waals surface area contributed by atoms with Gasteiger partial charge in [-0.15, -0.1) is 10.2 Å². The molecule has 1 aromatic heterocycles. The van der Waals surface area contributed by atoms with E-state index in [1.165, 1.54) is 18.2 Å². The van der Waals surface area contributed by atoms with Gasteiger partial charge in [0.15, 0.2) is 11.5 Å². The second-order valence-corrected chi connectivity index (χ2v) is 6.23. The molecule has 0 bridgehead atoms. The molecular weight excluding hydrogens is 376 g/mol. The molecule has 1 heterocycles. The maximum Gasteiger partial charge on any atom is 0.276 e. The highest BCUT2D eigenvalue weighted by atomic mass is 19.1. The number of rotatable bonds is 7. The van der Waals surface area contributed by atoms with Crippen molar-refractivity contribution in [2.75, 3.05) is 28.6 Å². The van der Waals surface area contributed by atoms with Gasteiger partial charge in [-0.1, -0.05) is 0 Å². The van der Waals surface area contributed by atoms with E-state index >= 15 is 0 Å². The zero-order valence-corrected chi connectivity index (χ0v) is 16.1. The Labute approximate surface area is 167 Å². The van der Waals surface area contributed by atoms with Crippen LogP contribution in [0.4, 0.5) is 31.7 Å². The van der Waals surface area contributed by atoms with Gasteiger partial charge in [-0.3, -0.25) is 4.79 Å². The third kappa shape index (κ3) is 5.04. The van der Waals surface area contributed by atoms with E-state index in [0.717, 1.165) is 30.9 Å². The van der Waals surface area contributed by atoms with Crippen LogP contribution in [0.3, 0.4) is 0 Å². The van der Waals surface area contributed by atoms with Crippen LogP contribution in [0.5, 0.6) is 0 Å². The summed E-state index contributed by atoms with van der Waals surface area (Å²) in [5.74, 6) is -1.60. The smallest absolute Gasteiger partial charge is 0.276 e. The molecule has 150 valence electrons. The number of anilines is 4. The Balaban J connectivity index is 1.64. The molecule has 1 amide bonds. The van der Waals surface area contributed by atoms with Crippen molar-refractivity contribution < 1.29 is 13.6 Å². The van der Waals surface area contributed by atoms with Crippen molar-refractivity contribution >= 4 is 28.8 Å². The van der Waals surface area contributed by atoms with Crippen molar-refractivity contribution in [3.8, 4) is 0 Å². The van der Waals surface area contributed by atoms with Gasteiger partial charge < -0.3 is 15.5 Å². The van der Waals surface area contributed by atoms with Crippen LogP contribution in [0, 0.1) is 11.6 Å². The summed E-state index contributed by atoms with van der Waals surface area (Å²) in [6.07, 6.45) is 0. The average molecular weight is 397 g/mol. The first-order chi connectivity index (χ1) is 14.0. The first-order valence-electron chi connectivity index (χ1n) is 9.22. The maximum atomic E-state index is 13.7. The van der Waals surface area contributed by atoms with Crippen LogP contribution in [-0.2, 0) is 0 Å². The fourth-order valence-corrected chi connectivity index (χ4v) is 2.79. The highest BCUT2D eigenvalue weighted by molar-refractivity contribution is 6.02. The highest BCUT2D eigenvalue weighted by Crippen LogP contribution is 2.20. The maximum absolute atomic E-state index is 13.7. The fourth-order valence-electron chi connectivity index (χ4n) is 2.79.